The summed E-state index contributed by atoms with van der Waals surface area (Å²) < 4.78 is 22.0. The Morgan fingerprint density at radius 3 is 2.45 bits per heavy atom. The van der Waals surface area contributed by atoms with Gasteiger partial charge in [0, 0.05) is 11.9 Å². The number of fused-ring (bicyclic) bond motifs is 3. The molecule has 0 spiro atoms. The number of aryl methyl sites for hydroxylation is 2. The molecule has 33 heavy (non-hydrogen) atoms. The molecular formula is C24H18FN3O4S. The molecule has 0 fully saturated rings. The van der Waals surface area contributed by atoms with Crippen molar-refractivity contribution in [1.29, 1.82) is 0 Å². The van der Waals surface area contributed by atoms with Crippen LogP contribution in [0, 0.1) is 12.7 Å². The Balaban J connectivity index is 1.82. The van der Waals surface area contributed by atoms with Crippen LogP contribution in [0.2, 0.25) is 0 Å². The number of nitrogens with zero attached hydrogens (tertiary/aromatic N) is 3. The Kier molecular flexibility index (Phi) is 5.05. The molecule has 9 heteroatoms. The van der Waals surface area contributed by atoms with Crippen molar-refractivity contribution in [2.75, 3.05) is 0 Å². The van der Waals surface area contributed by atoms with E-state index in [1.54, 1.807) is 50.4 Å². The summed E-state index contributed by atoms with van der Waals surface area (Å²) in [6.07, 6.45) is 0. The second-order valence-electron chi connectivity index (χ2n) is 7.61. The Bertz CT molecular complexity index is 1640. The molecule has 0 saturated carbocycles. The molecule has 3 aromatic heterocycles. The van der Waals surface area contributed by atoms with Crippen molar-refractivity contribution in [1.82, 2.24) is 14.3 Å². The van der Waals surface area contributed by atoms with Gasteiger partial charge in [0.05, 0.1) is 17.6 Å². The van der Waals surface area contributed by atoms with E-state index in [4.69, 9.17) is 4.42 Å². The molecule has 0 aliphatic carbocycles. The maximum Gasteiger partial charge on any atom is 0.354 e. The van der Waals surface area contributed by atoms with E-state index >= 15 is 0 Å². The molecule has 5 aromatic rings. The third-order valence-corrected chi connectivity index (χ3v) is 6.48. The molecule has 3 heterocycles. The summed E-state index contributed by atoms with van der Waals surface area (Å²) in [4.78, 5) is 27.1. The molecule has 0 amide bonds. The van der Waals surface area contributed by atoms with E-state index in [0.29, 0.717) is 27.2 Å². The standard InChI is InChI=1S/C24H18FN3O4S/c1-13-17-20-18(19(29)21(24(31)32-20)33-16-6-4-3-5-7-16)23(30)28(22(17)27(2)26-13)12-14-8-10-15(25)11-9-14/h3-11,29H,12H2,1-2H3. The first kappa shape index (κ1) is 21.0. The van der Waals surface area contributed by atoms with E-state index in [0.717, 1.165) is 11.8 Å². The average Bonchev–Trinajstić information content (AvgIpc) is 3.09. The maximum atomic E-state index is 13.6. The van der Waals surface area contributed by atoms with Crippen LogP contribution >= 0.6 is 11.8 Å². The Hall–Kier alpha value is -3.85. The Morgan fingerprint density at radius 1 is 1.06 bits per heavy atom. The summed E-state index contributed by atoms with van der Waals surface area (Å²) >= 11 is 1.02. The van der Waals surface area contributed by atoms with E-state index in [9.17, 15) is 19.1 Å². The molecular weight excluding hydrogens is 445 g/mol. The van der Waals surface area contributed by atoms with Crippen LogP contribution < -0.4 is 11.2 Å². The van der Waals surface area contributed by atoms with Crippen molar-refractivity contribution in [2.24, 2.45) is 7.05 Å². The normalized spacial score (nSPS) is 11.5. The Labute approximate surface area is 190 Å². The van der Waals surface area contributed by atoms with Crippen LogP contribution in [0.15, 0.2) is 78.4 Å². The number of hydrogen-bond acceptors (Lipinski definition) is 6. The minimum atomic E-state index is -0.742. The molecule has 7 nitrogen and oxygen atoms in total. The summed E-state index contributed by atoms with van der Waals surface area (Å²) in [6.45, 7) is 1.85. The molecule has 0 bridgehead atoms. The third-order valence-electron chi connectivity index (χ3n) is 5.41. The number of aromatic nitrogens is 3. The SMILES string of the molecule is Cc1nn(C)c2c1c1oc(=O)c(Sc3ccccc3)c(O)c1c(=O)n2Cc1ccc(F)cc1. The number of halogens is 1. The van der Waals surface area contributed by atoms with Gasteiger partial charge in [-0.05, 0) is 36.8 Å². The quantitative estimate of drug-likeness (QED) is 0.430. The van der Waals surface area contributed by atoms with Gasteiger partial charge in [0.1, 0.15) is 21.7 Å². The molecule has 166 valence electrons. The van der Waals surface area contributed by atoms with Crippen LogP contribution in [0.3, 0.4) is 0 Å². The zero-order valence-corrected chi connectivity index (χ0v) is 18.5. The number of benzene rings is 2. The summed E-state index contributed by atoms with van der Waals surface area (Å²) in [5.74, 6) is -0.814. The predicted molar refractivity (Wildman–Crippen MR) is 123 cm³/mol. The van der Waals surface area contributed by atoms with Crippen molar-refractivity contribution in [3.8, 4) is 5.75 Å². The zero-order chi connectivity index (χ0) is 23.3. The van der Waals surface area contributed by atoms with E-state index in [2.05, 4.69) is 5.10 Å². The van der Waals surface area contributed by atoms with Gasteiger partial charge in [0.2, 0.25) is 0 Å². The molecule has 0 atom stereocenters. The van der Waals surface area contributed by atoms with Crippen LogP contribution in [0.5, 0.6) is 5.75 Å². The minimum absolute atomic E-state index is 0.00383. The van der Waals surface area contributed by atoms with Gasteiger partial charge in [-0.2, -0.15) is 5.10 Å². The summed E-state index contributed by atoms with van der Waals surface area (Å²) in [6, 6.07) is 14.8. The highest BCUT2D eigenvalue weighted by atomic mass is 32.2. The predicted octanol–water partition coefficient (Wildman–Crippen LogP) is 4.19. The minimum Gasteiger partial charge on any atom is -0.505 e. The molecule has 0 radical (unpaired) electrons. The third kappa shape index (κ3) is 3.50. The summed E-state index contributed by atoms with van der Waals surface area (Å²) in [5, 5.41) is 15.8. The highest BCUT2D eigenvalue weighted by Crippen LogP contribution is 2.37. The van der Waals surface area contributed by atoms with E-state index in [-0.39, 0.29) is 28.2 Å². The van der Waals surface area contributed by atoms with Gasteiger partial charge in [0.15, 0.2) is 11.3 Å². The fraction of sp³-hybridized carbons (Fsp3) is 0.125. The van der Waals surface area contributed by atoms with Crippen molar-refractivity contribution >= 4 is 33.8 Å². The second-order valence-corrected chi connectivity index (χ2v) is 8.70. The van der Waals surface area contributed by atoms with Crippen molar-refractivity contribution in [3.05, 3.63) is 92.4 Å². The van der Waals surface area contributed by atoms with Gasteiger partial charge >= 0.3 is 5.63 Å². The van der Waals surface area contributed by atoms with Crippen molar-refractivity contribution in [3.63, 3.8) is 0 Å². The fourth-order valence-corrected chi connectivity index (χ4v) is 4.80. The highest BCUT2D eigenvalue weighted by Gasteiger charge is 2.25. The molecule has 2 aromatic carbocycles. The monoisotopic (exact) mass is 463 g/mol. The van der Waals surface area contributed by atoms with E-state index < -0.39 is 16.9 Å². The zero-order valence-electron chi connectivity index (χ0n) is 17.7. The average molecular weight is 463 g/mol. The lowest BCUT2D eigenvalue weighted by Crippen LogP contribution is -2.24. The molecule has 0 saturated heterocycles. The van der Waals surface area contributed by atoms with Crippen LogP contribution in [0.1, 0.15) is 11.3 Å². The summed E-state index contributed by atoms with van der Waals surface area (Å²) in [5.41, 5.74) is 0.372. The Morgan fingerprint density at radius 2 is 1.76 bits per heavy atom. The van der Waals surface area contributed by atoms with Crippen molar-refractivity contribution < 1.29 is 13.9 Å². The fourth-order valence-electron chi connectivity index (χ4n) is 3.95. The molecule has 0 aliphatic heterocycles. The van der Waals surface area contributed by atoms with Crippen molar-refractivity contribution in [2.45, 2.75) is 23.3 Å². The first-order valence-corrected chi connectivity index (χ1v) is 10.9. The van der Waals surface area contributed by atoms with Gasteiger partial charge < -0.3 is 9.52 Å². The van der Waals surface area contributed by atoms with Gasteiger partial charge in [-0.3, -0.25) is 14.0 Å². The van der Waals surface area contributed by atoms with Gasteiger partial charge in [-0.1, -0.05) is 42.1 Å². The summed E-state index contributed by atoms with van der Waals surface area (Å²) in [7, 11) is 1.68. The van der Waals surface area contributed by atoms with Gasteiger partial charge in [0.25, 0.3) is 5.56 Å². The van der Waals surface area contributed by atoms with Crippen LogP contribution in [0.4, 0.5) is 4.39 Å². The van der Waals surface area contributed by atoms with Crippen LogP contribution in [0.25, 0.3) is 22.0 Å². The lowest BCUT2D eigenvalue weighted by atomic mass is 10.1. The number of aromatic hydroxyl groups is 1. The topological polar surface area (TPSA) is 90.3 Å². The maximum absolute atomic E-state index is 13.6. The largest absolute Gasteiger partial charge is 0.505 e. The smallest absolute Gasteiger partial charge is 0.354 e. The first-order valence-electron chi connectivity index (χ1n) is 10.1. The lowest BCUT2D eigenvalue weighted by molar-refractivity contribution is 0.446. The van der Waals surface area contributed by atoms with Crippen LogP contribution in [-0.2, 0) is 13.6 Å². The molecule has 0 unspecified atom stereocenters. The van der Waals surface area contributed by atoms with E-state index in [1.165, 1.54) is 21.4 Å². The molecule has 0 aliphatic rings. The van der Waals surface area contributed by atoms with Crippen LogP contribution in [-0.4, -0.2) is 19.5 Å². The van der Waals surface area contributed by atoms with Gasteiger partial charge in [-0.25, -0.2) is 9.18 Å². The number of rotatable bonds is 4. The lowest BCUT2D eigenvalue weighted by Gasteiger charge is -2.13. The molecule has 5 rings (SSSR count). The van der Waals surface area contributed by atoms with Gasteiger partial charge in [-0.15, -0.1) is 0 Å². The number of pyridine rings is 1. The molecule has 1 N–H and O–H groups in total. The number of hydrogen-bond donors (Lipinski definition) is 1. The second kappa shape index (κ2) is 7.93. The van der Waals surface area contributed by atoms with E-state index in [1.807, 2.05) is 6.07 Å². The highest BCUT2D eigenvalue weighted by molar-refractivity contribution is 7.99. The first-order chi connectivity index (χ1) is 15.8.